The first kappa shape index (κ1) is 17.6. The summed E-state index contributed by atoms with van der Waals surface area (Å²) in [6.07, 6.45) is 0.842. The number of carboxylic acids is 1. The fraction of sp³-hybridized carbons (Fsp3) is 0.417. The molecule has 6 nitrogen and oxygen atoms in total. The van der Waals surface area contributed by atoms with E-state index in [4.69, 9.17) is 5.11 Å². The number of hydrogen-bond acceptors (Lipinski definition) is 5. The van der Waals surface area contributed by atoms with E-state index >= 15 is 0 Å². The molecule has 9 heteroatoms. The van der Waals surface area contributed by atoms with Crippen LogP contribution in [0.2, 0.25) is 0 Å². The van der Waals surface area contributed by atoms with Gasteiger partial charge in [-0.05, 0) is 25.5 Å². The van der Waals surface area contributed by atoms with Gasteiger partial charge in [-0.3, -0.25) is 0 Å². The van der Waals surface area contributed by atoms with Gasteiger partial charge in [0.2, 0.25) is 0 Å². The molecule has 0 amide bonds. The molecule has 0 spiro atoms. The molecule has 0 heterocycles. The Morgan fingerprint density at radius 3 is 2.24 bits per heavy atom. The normalized spacial score (nSPS) is 12.3. The van der Waals surface area contributed by atoms with Crippen LogP contribution in [0.5, 0.6) is 0 Å². The number of aromatic carboxylic acids is 1. The van der Waals surface area contributed by atoms with Crippen molar-refractivity contribution < 1.29 is 31.1 Å². The van der Waals surface area contributed by atoms with Gasteiger partial charge in [-0.15, -0.1) is 0 Å². The molecule has 0 saturated carbocycles. The standard InChI is InChI=1S/C12H15FO6S2/c1-8-10(13)6-9(12(14)15)7-11(8)21(18,19)5-3-4-20(2,16)17/h6-7H,3-5H2,1-2H3,(H,14,15). The van der Waals surface area contributed by atoms with Gasteiger partial charge in [-0.25, -0.2) is 26.0 Å². The minimum atomic E-state index is -3.96. The Kier molecular flexibility index (Phi) is 5.11. The van der Waals surface area contributed by atoms with Crippen LogP contribution < -0.4 is 0 Å². The van der Waals surface area contributed by atoms with E-state index < -0.39 is 47.7 Å². The van der Waals surface area contributed by atoms with E-state index in [1.54, 1.807) is 0 Å². The molecule has 0 aliphatic heterocycles. The maximum absolute atomic E-state index is 13.6. The summed E-state index contributed by atoms with van der Waals surface area (Å²) in [4.78, 5) is 10.4. The first-order valence-electron chi connectivity index (χ1n) is 5.88. The number of rotatable bonds is 6. The second-order valence-corrected chi connectivity index (χ2v) is 9.03. The molecule has 0 aromatic heterocycles. The second kappa shape index (κ2) is 6.10. The van der Waals surface area contributed by atoms with Crippen LogP contribution >= 0.6 is 0 Å². The number of halogens is 1. The first-order chi connectivity index (χ1) is 9.44. The van der Waals surface area contributed by atoms with Crippen LogP contribution in [0.25, 0.3) is 0 Å². The van der Waals surface area contributed by atoms with Crippen LogP contribution in [-0.4, -0.2) is 45.7 Å². The molecular formula is C12H15FO6S2. The SMILES string of the molecule is Cc1c(F)cc(C(=O)O)cc1S(=O)(=O)CCCS(C)(=O)=O. The summed E-state index contributed by atoms with van der Waals surface area (Å²) in [5.74, 6) is -3.19. The maximum atomic E-state index is 13.6. The molecule has 0 saturated heterocycles. The van der Waals surface area contributed by atoms with Gasteiger partial charge >= 0.3 is 5.97 Å². The Balaban J connectivity index is 3.16. The third kappa shape index (κ3) is 4.78. The van der Waals surface area contributed by atoms with E-state index in [0.717, 1.165) is 18.4 Å². The molecule has 1 aromatic carbocycles. The molecule has 21 heavy (non-hydrogen) atoms. The number of carboxylic acid groups (broad SMARTS) is 1. The molecule has 0 aliphatic rings. The zero-order valence-electron chi connectivity index (χ0n) is 11.5. The number of sulfone groups is 2. The van der Waals surface area contributed by atoms with Crippen molar-refractivity contribution in [3.8, 4) is 0 Å². The van der Waals surface area contributed by atoms with Gasteiger partial charge in [0, 0.05) is 11.8 Å². The lowest BCUT2D eigenvalue weighted by Crippen LogP contribution is -2.14. The topological polar surface area (TPSA) is 106 Å². The predicted octanol–water partition coefficient (Wildman–Crippen LogP) is 1.04. The fourth-order valence-electron chi connectivity index (χ4n) is 1.72. The van der Waals surface area contributed by atoms with Crippen molar-refractivity contribution in [2.45, 2.75) is 18.2 Å². The van der Waals surface area contributed by atoms with Gasteiger partial charge in [0.15, 0.2) is 9.84 Å². The number of hydrogen-bond donors (Lipinski definition) is 1. The zero-order chi connectivity index (χ0) is 16.4. The van der Waals surface area contributed by atoms with Gasteiger partial charge in [0.1, 0.15) is 15.7 Å². The smallest absolute Gasteiger partial charge is 0.335 e. The quantitative estimate of drug-likeness (QED) is 0.831. The third-order valence-electron chi connectivity index (χ3n) is 2.81. The van der Waals surface area contributed by atoms with Crippen molar-refractivity contribution in [2.24, 2.45) is 0 Å². The molecule has 0 aliphatic carbocycles. The van der Waals surface area contributed by atoms with E-state index in [1.807, 2.05) is 0 Å². The molecular weight excluding hydrogens is 323 g/mol. The summed E-state index contributed by atoms with van der Waals surface area (Å²) in [6.45, 7) is 1.23. The molecule has 1 aromatic rings. The van der Waals surface area contributed by atoms with Crippen molar-refractivity contribution in [1.82, 2.24) is 0 Å². The lowest BCUT2D eigenvalue weighted by atomic mass is 10.1. The minimum Gasteiger partial charge on any atom is -0.478 e. The van der Waals surface area contributed by atoms with Gasteiger partial charge in [0.25, 0.3) is 0 Å². The highest BCUT2D eigenvalue weighted by Crippen LogP contribution is 2.22. The van der Waals surface area contributed by atoms with E-state index in [2.05, 4.69) is 0 Å². The van der Waals surface area contributed by atoms with Gasteiger partial charge in [0.05, 0.1) is 22.0 Å². The average Bonchev–Trinajstić information content (AvgIpc) is 2.29. The lowest BCUT2D eigenvalue weighted by molar-refractivity contribution is 0.0696. The summed E-state index contributed by atoms with van der Waals surface area (Å²) in [6, 6.07) is 1.63. The molecule has 1 rings (SSSR count). The summed E-state index contributed by atoms with van der Waals surface area (Å²) in [5.41, 5.74) is -0.654. The minimum absolute atomic E-state index is 0.139. The van der Waals surface area contributed by atoms with Crippen molar-refractivity contribution in [3.63, 3.8) is 0 Å². The predicted molar refractivity (Wildman–Crippen MR) is 74.5 cm³/mol. The van der Waals surface area contributed by atoms with Crippen molar-refractivity contribution in [3.05, 3.63) is 29.1 Å². The Morgan fingerprint density at radius 2 is 1.76 bits per heavy atom. The Morgan fingerprint density at radius 1 is 1.19 bits per heavy atom. The molecule has 0 fully saturated rings. The summed E-state index contributed by atoms with van der Waals surface area (Å²) >= 11 is 0. The van der Waals surface area contributed by atoms with Crippen molar-refractivity contribution in [2.75, 3.05) is 17.8 Å². The average molecular weight is 338 g/mol. The largest absolute Gasteiger partial charge is 0.478 e. The number of benzene rings is 1. The van der Waals surface area contributed by atoms with Crippen molar-refractivity contribution in [1.29, 1.82) is 0 Å². The van der Waals surface area contributed by atoms with Crippen LogP contribution in [0, 0.1) is 12.7 Å². The molecule has 0 bridgehead atoms. The van der Waals surface area contributed by atoms with Crippen LogP contribution in [-0.2, 0) is 19.7 Å². The second-order valence-electron chi connectivity index (χ2n) is 4.69. The summed E-state index contributed by atoms with van der Waals surface area (Å²) in [5, 5.41) is 8.83. The Bertz CT molecular complexity index is 765. The fourth-order valence-corrected chi connectivity index (χ4v) is 4.19. The number of carbonyl (C=O) groups is 1. The highest BCUT2D eigenvalue weighted by Gasteiger charge is 2.22. The van der Waals surface area contributed by atoms with E-state index in [9.17, 15) is 26.0 Å². The third-order valence-corrected chi connectivity index (χ3v) is 5.76. The highest BCUT2D eigenvalue weighted by atomic mass is 32.2. The summed E-state index contributed by atoms with van der Waals surface area (Å²) in [7, 11) is -7.26. The van der Waals surface area contributed by atoms with Crippen LogP contribution in [0.4, 0.5) is 4.39 Å². The van der Waals surface area contributed by atoms with Crippen LogP contribution in [0.1, 0.15) is 22.3 Å². The van der Waals surface area contributed by atoms with Crippen LogP contribution in [0.3, 0.4) is 0 Å². The maximum Gasteiger partial charge on any atom is 0.335 e. The highest BCUT2D eigenvalue weighted by molar-refractivity contribution is 7.92. The zero-order valence-corrected chi connectivity index (χ0v) is 13.1. The van der Waals surface area contributed by atoms with Gasteiger partial charge in [-0.2, -0.15) is 0 Å². The molecule has 1 N–H and O–H groups in total. The van der Waals surface area contributed by atoms with E-state index in [0.29, 0.717) is 0 Å². The monoisotopic (exact) mass is 338 g/mol. The van der Waals surface area contributed by atoms with E-state index in [1.165, 1.54) is 6.92 Å². The Hall–Kier alpha value is -1.48. The lowest BCUT2D eigenvalue weighted by Gasteiger charge is -2.09. The van der Waals surface area contributed by atoms with E-state index in [-0.39, 0.29) is 17.7 Å². The van der Waals surface area contributed by atoms with Crippen LogP contribution in [0.15, 0.2) is 17.0 Å². The summed E-state index contributed by atoms with van der Waals surface area (Å²) < 4.78 is 59.8. The Labute approximate surface area is 122 Å². The molecule has 0 radical (unpaired) electrons. The molecule has 0 atom stereocenters. The van der Waals surface area contributed by atoms with Crippen molar-refractivity contribution >= 4 is 25.6 Å². The van der Waals surface area contributed by atoms with Gasteiger partial charge < -0.3 is 5.11 Å². The molecule has 0 unspecified atom stereocenters. The molecule has 118 valence electrons. The first-order valence-corrected chi connectivity index (χ1v) is 9.59. The van der Waals surface area contributed by atoms with Gasteiger partial charge in [-0.1, -0.05) is 0 Å².